The highest BCUT2D eigenvalue weighted by atomic mass is 127. The predicted octanol–water partition coefficient (Wildman–Crippen LogP) is 4.66. The highest BCUT2D eigenvalue weighted by Gasteiger charge is 2.18. The molecule has 2 aromatic carbocycles. The average molecular weight is 387 g/mol. The molecule has 0 aliphatic rings. The highest BCUT2D eigenvalue weighted by Crippen LogP contribution is 2.26. The van der Waals surface area contributed by atoms with E-state index in [0.717, 1.165) is 28.2 Å². The standard InChI is InChI=1S/C16H16F2IN/c1-2-8-20-16(11-4-3-5-13(19)9-11)14-10-12(17)6-7-15(14)18/h3-7,9-10,16,20H,2,8H2,1H3. The van der Waals surface area contributed by atoms with Crippen LogP contribution < -0.4 is 5.32 Å². The lowest BCUT2D eigenvalue weighted by atomic mass is 9.98. The summed E-state index contributed by atoms with van der Waals surface area (Å²) in [5.74, 6) is -0.811. The molecular weight excluding hydrogens is 371 g/mol. The summed E-state index contributed by atoms with van der Waals surface area (Å²) in [5.41, 5.74) is 1.29. The zero-order chi connectivity index (χ0) is 14.5. The lowest BCUT2D eigenvalue weighted by molar-refractivity contribution is 0.535. The molecule has 0 aromatic heterocycles. The molecule has 0 aliphatic carbocycles. The summed E-state index contributed by atoms with van der Waals surface area (Å²) >= 11 is 2.22. The molecule has 106 valence electrons. The molecule has 0 aliphatic heterocycles. The van der Waals surface area contributed by atoms with Gasteiger partial charge in [-0.15, -0.1) is 0 Å². The van der Waals surface area contributed by atoms with E-state index in [-0.39, 0.29) is 11.9 Å². The van der Waals surface area contributed by atoms with Crippen molar-refractivity contribution in [2.24, 2.45) is 0 Å². The minimum Gasteiger partial charge on any atom is -0.306 e. The van der Waals surface area contributed by atoms with E-state index in [9.17, 15) is 8.78 Å². The molecule has 0 fully saturated rings. The maximum Gasteiger partial charge on any atom is 0.128 e. The second-order valence-electron chi connectivity index (χ2n) is 4.61. The second kappa shape index (κ2) is 7.13. The number of nitrogens with one attached hydrogen (secondary N) is 1. The van der Waals surface area contributed by atoms with Gasteiger partial charge in [-0.3, -0.25) is 0 Å². The van der Waals surface area contributed by atoms with Crippen LogP contribution in [-0.2, 0) is 0 Å². The molecule has 4 heteroatoms. The SMILES string of the molecule is CCCNC(c1cccc(I)c1)c1cc(F)ccc1F. The Kier molecular flexibility index (Phi) is 5.48. The fourth-order valence-electron chi connectivity index (χ4n) is 2.12. The fraction of sp³-hybridized carbons (Fsp3) is 0.250. The lowest BCUT2D eigenvalue weighted by Crippen LogP contribution is -2.24. The quantitative estimate of drug-likeness (QED) is 0.737. The Hall–Kier alpha value is -1.01. The van der Waals surface area contributed by atoms with Crippen LogP contribution in [0.4, 0.5) is 8.78 Å². The normalized spacial score (nSPS) is 12.4. The summed E-state index contributed by atoms with van der Waals surface area (Å²) in [4.78, 5) is 0. The van der Waals surface area contributed by atoms with Gasteiger partial charge in [-0.1, -0.05) is 19.1 Å². The van der Waals surface area contributed by atoms with E-state index in [1.54, 1.807) is 0 Å². The molecule has 2 aromatic rings. The van der Waals surface area contributed by atoms with Crippen LogP contribution in [0, 0.1) is 15.2 Å². The maximum absolute atomic E-state index is 14.0. The van der Waals surface area contributed by atoms with E-state index in [0.29, 0.717) is 5.56 Å². The van der Waals surface area contributed by atoms with Crippen molar-refractivity contribution in [1.82, 2.24) is 5.32 Å². The summed E-state index contributed by atoms with van der Waals surface area (Å²) in [6.07, 6.45) is 0.928. The van der Waals surface area contributed by atoms with E-state index >= 15 is 0 Å². The summed E-state index contributed by atoms with van der Waals surface area (Å²) in [7, 11) is 0. The molecular formula is C16H16F2IN. The number of rotatable bonds is 5. The maximum atomic E-state index is 14.0. The van der Waals surface area contributed by atoms with Gasteiger partial charge in [-0.2, -0.15) is 0 Å². The van der Waals surface area contributed by atoms with Gasteiger partial charge >= 0.3 is 0 Å². The number of benzene rings is 2. The van der Waals surface area contributed by atoms with Gasteiger partial charge < -0.3 is 5.32 Å². The average Bonchev–Trinajstić information content (AvgIpc) is 2.43. The first kappa shape index (κ1) is 15.4. The van der Waals surface area contributed by atoms with E-state index in [1.807, 2.05) is 31.2 Å². The fourth-order valence-corrected chi connectivity index (χ4v) is 2.69. The van der Waals surface area contributed by atoms with E-state index in [4.69, 9.17) is 0 Å². The minimum absolute atomic E-state index is 0.333. The highest BCUT2D eigenvalue weighted by molar-refractivity contribution is 14.1. The Bertz CT molecular complexity index is 586. The smallest absolute Gasteiger partial charge is 0.128 e. The van der Waals surface area contributed by atoms with Crippen LogP contribution in [0.3, 0.4) is 0 Å². The lowest BCUT2D eigenvalue weighted by Gasteiger charge is -2.20. The third-order valence-corrected chi connectivity index (χ3v) is 3.72. The molecule has 0 bridgehead atoms. The monoisotopic (exact) mass is 387 g/mol. The van der Waals surface area contributed by atoms with E-state index < -0.39 is 5.82 Å². The molecule has 20 heavy (non-hydrogen) atoms. The first-order valence-corrected chi connectivity index (χ1v) is 7.63. The third kappa shape index (κ3) is 3.76. The number of halogens is 3. The molecule has 0 saturated heterocycles. The summed E-state index contributed by atoms with van der Waals surface area (Å²) in [6.45, 7) is 2.78. The van der Waals surface area contributed by atoms with Gasteiger partial charge in [-0.25, -0.2) is 8.78 Å². The van der Waals surface area contributed by atoms with Crippen molar-refractivity contribution in [1.29, 1.82) is 0 Å². The van der Waals surface area contributed by atoms with Gasteiger partial charge in [0.1, 0.15) is 11.6 Å². The Labute approximate surface area is 131 Å². The molecule has 2 rings (SSSR count). The Morgan fingerprint density at radius 1 is 1.15 bits per heavy atom. The summed E-state index contributed by atoms with van der Waals surface area (Å²) in [5, 5.41) is 3.29. The third-order valence-electron chi connectivity index (χ3n) is 3.05. The zero-order valence-corrected chi connectivity index (χ0v) is 13.3. The van der Waals surface area contributed by atoms with Gasteiger partial charge in [-0.05, 0) is 71.5 Å². The van der Waals surface area contributed by atoms with Crippen molar-refractivity contribution in [3.8, 4) is 0 Å². The van der Waals surface area contributed by atoms with Crippen molar-refractivity contribution in [2.45, 2.75) is 19.4 Å². The summed E-state index contributed by atoms with van der Waals surface area (Å²) in [6, 6.07) is 11.1. The molecule has 1 unspecified atom stereocenters. The van der Waals surface area contributed by atoms with Crippen molar-refractivity contribution >= 4 is 22.6 Å². The van der Waals surface area contributed by atoms with Crippen molar-refractivity contribution in [2.75, 3.05) is 6.54 Å². The topological polar surface area (TPSA) is 12.0 Å². The Balaban J connectivity index is 2.44. The van der Waals surface area contributed by atoms with E-state index in [1.165, 1.54) is 12.1 Å². The second-order valence-corrected chi connectivity index (χ2v) is 5.85. The molecule has 0 heterocycles. The van der Waals surface area contributed by atoms with Crippen LogP contribution in [-0.4, -0.2) is 6.54 Å². The number of hydrogen-bond donors (Lipinski definition) is 1. The van der Waals surface area contributed by atoms with Gasteiger partial charge in [0.25, 0.3) is 0 Å². The van der Waals surface area contributed by atoms with Gasteiger partial charge in [0.2, 0.25) is 0 Å². The van der Waals surface area contributed by atoms with Crippen LogP contribution in [0.5, 0.6) is 0 Å². The van der Waals surface area contributed by atoms with Crippen molar-refractivity contribution in [3.63, 3.8) is 0 Å². The number of hydrogen-bond acceptors (Lipinski definition) is 1. The largest absolute Gasteiger partial charge is 0.306 e. The zero-order valence-electron chi connectivity index (χ0n) is 11.2. The van der Waals surface area contributed by atoms with Gasteiger partial charge in [0.15, 0.2) is 0 Å². The van der Waals surface area contributed by atoms with Crippen molar-refractivity contribution in [3.05, 3.63) is 68.8 Å². The molecule has 1 N–H and O–H groups in total. The van der Waals surface area contributed by atoms with Crippen LogP contribution in [0.2, 0.25) is 0 Å². The van der Waals surface area contributed by atoms with Crippen LogP contribution in [0.25, 0.3) is 0 Å². The summed E-state index contributed by atoms with van der Waals surface area (Å²) < 4.78 is 28.5. The van der Waals surface area contributed by atoms with Crippen LogP contribution in [0.15, 0.2) is 42.5 Å². The first-order valence-electron chi connectivity index (χ1n) is 6.55. The predicted molar refractivity (Wildman–Crippen MR) is 85.7 cm³/mol. The Morgan fingerprint density at radius 2 is 1.95 bits per heavy atom. The van der Waals surface area contributed by atoms with Gasteiger partial charge in [0, 0.05) is 9.13 Å². The molecule has 1 nitrogen and oxygen atoms in total. The minimum atomic E-state index is -0.421. The molecule has 0 saturated carbocycles. The molecule has 0 amide bonds. The van der Waals surface area contributed by atoms with Crippen molar-refractivity contribution < 1.29 is 8.78 Å². The van der Waals surface area contributed by atoms with Crippen LogP contribution in [0.1, 0.15) is 30.5 Å². The molecule has 0 spiro atoms. The van der Waals surface area contributed by atoms with E-state index in [2.05, 4.69) is 27.9 Å². The first-order chi connectivity index (χ1) is 9.61. The molecule has 1 atom stereocenters. The van der Waals surface area contributed by atoms with Gasteiger partial charge in [0.05, 0.1) is 6.04 Å². The Morgan fingerprint density at radius 3 is 2.65 bits per heavy atom. The van der Waals surface area contributed by atoms with Crippen LogP contribution >= 0.6 is 22.6 Å². The molecule has 0 radical (unpaired) electrons.